The number of aryl methyl sites for hydroxylation is 1. The maximum Gasteiger partial charge on any atom is 0.130 e. The minimum atomic E-state index is -1.28. The second-order valence-corrected chi connectivity index (χ2v) is 7.16. The molecule has 0 saturated carbocycles. The van der Waals surface area contributed by atoms with E-state index in [1.807, 2.05) is 18.2 Å². The molecule has 0 saturated heterocycles. The number of aromatic hydroxyl groups is 2. The summed E-state index contributed by atoms with van der Waals surface area (Å²) in [4.78, 5) is 0. The van der Waals surface area contributed by atoms with E-state index in [0.29, 0.717) is 11.3 Å². The number of hydrogen-bond donors (Lipinski definition) is 4. The monoisotopic (exact) mass is 344 g/mol. The van der Waals surface area contributed by atoms with Gasteiger partial charge in [-0.1, -0.05) is 18.2 Å². The molecule has 5 nitrogen and oxygen atoms in total. The fraction of sp³-hybridized carbons (Fsp3) is 0.400. The lowest BCUT2D eigenvalue weighted by atomic mass is 9.90. The van der Waals surface area contributed by atoms with Crippen LogP contribution in [-0.2, 0) is 12.8 Å². The first-order chi connectivity index (χ1) is 11.8. The third-order valence-corrected chi connectivity index (χ3v) is 4.73. The van der Waals surface area contributed by atoms with Crippen LogP contribution in [0.15, 0.2) is 36.4 Å². The van der Waals surface area contributed by atoms with Crippen molar-refractivity contribution in [3.05, 3.63) is 53.1 Å². The van der Waals surface area contributed by atoms with Crippen molar-refractivity contribution in [2.75, 3.05) is 0 Å². The van der Waals surface area contributed by atoms with Crippen LogP contribution >= 0.6 is 0 Å². The van der Waals surface area contributed by atoms with Crippen LogP contribution in [0, 0.1) is 0 Å². The van der Waals surface area contributed by atoms with Gasteiger partial charge in [-0.3, -0.25) is 0 Å². The Hall–Kier alpha value is -2.24. The van der Waals surface area contributed by atoms with E-state index in [0.717, 1.165) is 24.0 Å². The highest BCUT2D eigenvalue weighted by atomic mass is 16.5. The molecule has 0 bridgehead atoms. The summed E-state index contributed by atoms with van der Waals surface area (Å²) in [6.45, 7) is 3.06. The van der Waals surface area contributed by atoms with Crippen molar-refractivity contribution < 1.29 is 25.2 Å². The number of rotatable bonds is 4. The van der Waals surface area contributed by atoms with Gasteiger partial charge in [0.15, 0.2) is 0 Å². The van der Waals surface area contributed by atoms with Crippen molar-refractivity contribution in [2.45, 2.75) is 50.9 Å². The molecule has 5 heteroatoms. The van der Waals surface area contributed by atoms with E-state index in [9.17, 15) is 20.4 Å². The van der Waals surface area contributed by atoms with Gasteiger partial charge in [-0.25, -0.2) is 0 Å². The Labute approximate surface area is 147 Å². The molecule has 1 heterocycles. The first-order valence-electron chi connectivity index (χ1n) is 8.45. The molecule has 1 aliphatic rings. The lowest BCUT2D eigenvalue weighted by Crippen LogP contribution is -2.37. The topological polar surface area (TPSA) is 90.2 Å². The quantitative estimate of drug-likeness (QED) is 0.685. The van der Waals surface area contributed by atoms with E-state index in [-0.39, 0.29) is 24.0 Å². The number of benzene rings is 2. The SMILES string of the molecule is CC(C)(O)[C@H](O)Cc1c(O)ccc2c1O[C@H](c1ccc(O)cc1)CC2. The van der Waals surface area contributed by atoms with Crippen LogP contribution in [-0.4, -0.2) is 32.1 Å². The molecule has 4 N–H and O–H groups in total. The molecular weight excluding hydrogens is 320 g/mol. The summed E-state index contributed by atoms with van der Waals surface area (Å²) in [7, 11) is 0. The molecule has 0 amide bonds. The molecule has 0 spiro atoms. The zero-order valence-corrected chi connectivity index (χ0v) is 14.4. The number of phenolic OH excluding ortho intramolecular Hbond substituents is 2. The van der Waals surface area contributed by atoms with Crippen LogP contribution in [0.5, 0.6) is 17.2 Å². The molecule has 2 atom stereocenters. The van der Waals surface area contributed by atoms with Gasteiger partial charge in [-0.15, -0.1) is 0 Å². The van der Waals surface area contributed by atoms with Crippen LogP contribution in [0.3, 0.4) is 0 Å². The van der Waals surface area contributed by atoms with Crippen LogP contribution < -0.4 is 4.74 Å². The van der Waals surface area contributed by atoms with Crippen LogP contribution in [0.2, 0.25) is 0 Å². The standard InChI is InChI=1S/C20H24O5/c1-20(2,24)18(23)11-15-16(22)9-5-13-6-10-17(25-19(13)15)12-3-7-14(21)8-4-12/h3-5,7-9,17-18,21-24H,6,10-11H2,1-2H3/t17-,18+/m0/s1. The Morgan fingerprint density at radius 1 is 1.12 bits per heavy atom. The molecule has 3 rings (SSSR count). The van der Waals surface area contributed by atoms with E-state index in [4.69, 9.17) is 4.74 Å². The zero-order chi connectivity index (χ0) is 18.2. The Morgan fingerprint density at radius 3 is 2.44 bits per heavy atom. The number of aliphatic hydroxyl groups is 2. The van der Waals surface area contributed by atoms with E-state index in [2.05, 4.69) is 0 Å². The minimum absolute atomic E-state index is 0.0495. The molecule has 134 valence electrons. The Kier molecular flexibility index (Phi) is 4.62. The number of fused-ring (bicyclic) bond motifs is 1. The summed E-state index contributed by atoms with van der Waals surface area (Å²) in [5, 5.41) is 39.9. The summed E-state index contributed by atoms with van der Waals surface area (Å²) >= 11 is 0. The number of ether oxygens (including phenoxy) is 1. The summed E-state index contributed by atoms with van der Waals surface area (Å²) < 4.78 is 6.15. The van der Waals surface area contributed by atoms with Gasteiger partial charge in [0, 0.05) is 12.0 Å². The third-order valence-electron chi connectivity index (χ3n) is 4.73. The largest absolute Gasteiger partial charge is 0.508 e. The summed E-state index contributed by atoms with van der Waals surface area (Å²) in [5.41, 5.74) is 1.15. The van der Waals surface area contributed by atoms with Gasteiger partial charge < -0.3 is 25.2 Å². The molecule has 0 fully saturated rings. The van der Waals surface area contributed by atoms with E-state index >= 15 is 0 Å². The zero-order valence-electron chi connectivity index (χ0n) is 14.4. The highest BCUT2D eigenvalue weighted by Gasteiger charge is 2.30. The first kappa shape index (κ1) is 17.6. The lowest BCUT2D eigenvalue weighted by molar-refractivity contribution is -0.0474. The Bertz CT molecular complexity index is 746. The molecule has 0 unspecified atom stereocenters. The fourth-order valence-corrected chi connectivity index (χ4v) is 3.06. The van der Waals surface area contributed by atoms with Gasteiger partial charge in [0.1, 0.15) is 23.4 Å². The Balaban J connectivity index is 1.92. The average Bonchev–Trinajstić information content (AvgIpc) is 2.56. The van der Waals surface area contributed by atoms with Crippen molar-refractivity contribution in [3.63, 3.8) is 0 Å². The molecule has 25 heavy (non-hydrogen) atoms. The van der Waals surface area contributed by atoms with Gasteiger partial charge >= 0.3 is 0 Å². The first-order valence-corrected chi connectivity index (χ1v) is 8.45. The number of aliphatic hydroxyl groups excluding tert-OH is 1. The molecule has 0 aliphatic carbocycles. The van der Waals surface area contributed by atoms with Crippen molar-refractivity contribution in [2.24, 2.45) is 0 Å². The summed E-state index contributed by atoms with van der Waals surface area (Å²) in [6.07, 6.45) is 0.458. The lowest BCUT2D eigenvalue weighted by Gasteiger charge is -2.31. The Morgan fingerprint density at radius 2 is 1.80 bits per heavy atom. The van der Waals surface area contributed by atoms with Crippen molar-refractivity contribution in [1.29, 1.82) is 0 Å². The third kappa shape index (κ3) is 3.72. The predicted molar refractivity (Wildman–Crippen MR) is 93.9 cm³/mol. The fourth-order valence-electron chi connectivity index (χ4n) is 3.06. The van der Waals surface area contributed by atoms with Gasteiger partial charge in [0.25, 0.3) is 0 Å². The van der Waals surface area contributed by atoms with Gasteiger partial charge in [0.2, 0.25) is 0 Å². The van der Waals surface area contributed by atoms with Crippen LogP contribution in [0.1, 0.15) is 43.1 Å². The second-order valence-electron chi connectivity index (χ2n) is 7.16. The minimum Gasteiger partial charge on any atom is -0.508 e. The van der Waals surface area contributed by atoms with Crippen molar-refractivity contribution in [3.8, 4) is 17.2 Å². The maximum absolute atomic E-state index is 10.3. The normalized spacial score (nSPS) is 18.3. The molecule has 0 radical (unpaired) electrons. The second kappa shape index (κ2) is 6.58. The van der Waals surface area contributed by atoms with Gasteiger partial charge in [-0.2, -0.15) is 0 Å². The highest BCUT2D eigenvalue weighted by molar-refractivity contribution is 5.51. The van der Waals surface area contributed by atoms with E-state index < -0.39 is 11.7 Å². The van der Waals surface area contributed by atoms with E-state index in [1.165, 1.54) is 13.8 Å². The van der Waals surface area contributed by atoms with Gasteiger partial charge in [0.05, 0.1) is 11.7 Å². The van der Waals surface area contributed by atoms with Gasteiger partial charge in [-0.05, 0) is 56.0 Å². The van der Waals surface area contributed by atoms with Crippen molar-refractivity contribution >= 4 is 0 Å². The smallest absolute Gasteiger partial charge is 0.130 e. The highest BCUT2D eigenvalue weighted by Crippen LogP contribution is 2.41. The van der Waals surface area contributed by atoms with Crippen molar-refractivity contribution in [1.82, 2.24) is 0 Å². The molecule has 0 aromatic heterocycles. The van der Waals surface area contributed by atoms with Crippen LogP contribution in [0.4, 0.5) is 0 Å². The van der Waals surface area contributed by atoms with Crippen LogP contribution in [0.25, 0.3) is 0 Å². The number of phenols is 2. The molecule has 2 aromatic carbocycles. The molecule has 2 aromatic rings. The summed E-state index contributed by atoms with van der Waals surface area (Å²) in [5.74, 6) is 0.827. The maximum atomic E-state index is 10.3. The summed E-state index contributed by atoms with van der Waals surface area (Å²) in [6, 6.07) is 10.3. The van der Waals surface area contributed by atoms with E-state index in [1.54, 1.807) is 18.2 Å². The predicted octanol–water partition coefficient (Wildman–Crippen LogP) is 2.84. The molecular formula is C20H24O5. The average molecular weight is 344 g/mol. The number of hydrogen-bond acceptors (Lipinski definition) is 5. The molecule has 1 aliphatic heterocycles.